The minimum absolute atomic E-state index is 0.0360. The summed E-state index contributed by atoms with van der Waals surface area (Å²) in [4.78, 5) is 2.40. The smallest absolute Gasteiger partial charge is 0.0687 e. The van der Waals surface area contributed by atoms with Gasteiger partial charge in [0.2, 0.25) is 0 Å². The van der Waals surface area contributed by atoms with Crippen molar-refractivity contribution in [3.63, 3.8) is 0 Å². The minimum Gasteiger partial charge on any atom is -0.303 e. The summed E-state index contributed by atoms with van der Waals surface area (Å²) >= 11 is 0. The van der Waals surface area contributed by atoms with Gasteiger partial charge in [0.25, 0.3) is 0 Å². The van der Waals surface area contributed by atoms with E-state index in [4.69, 9.17) is 5.26 Å². The standard InChI is InChI=1S/C9H16N2/c1-3-11-6-4-9(2,8-10)5-7-11/h3-7H2,1-2H3. The van der Waals surface area contributed by atoms with Crippen molar-refractivity contribution in [3.05, 3.63) is 0 Å². The fraction of sp³-hybridized carbons (Fsp3) is 0.889. The summed E-state index contributed by atoms with van der Waals surface area (Å²) in [5.41, 5.74) is -0.0360. The summed E-state index contributed by atoms with van der Waals surface area (Å²) in [6.07, 6.45) is 2.08. The van der Waals surface area contributed by atoms with E-state index in [0.29, 0.717) is 0 Å². The molecule has 0 atom stereocenters. The van der Waals surface area contributed by atoms with E-state index < -0.39 is 0 Å². The van der Waals surface area contributed by atoms with Crippen LogP contribution in [0.25, 0.3) is 0 Å². The molecule has 0 spiro atoms. The predicted octanol–water partition coefficient (Wildman–Crippen LogP) is 1.63. The quantitative estimate of drug-likeness (QED) is 0.571. The van der Waals surface area contributed by atoms with E-state index >= 15 is 0 Å². The van der Waals surface area contributed by atoms with Crippen LogP contribution in [-0.4, -0.2) is 24.5 Å². The SMILES string of the molecule is CCN1CCC(C)(C#N)CC1. The zero-order valence-electron chi connectivity index (χ0n) is 7.43. The summed E-state index contributed by atoms with van der Waals surface area (Å²) in [6.45, 7) is 7.57. The molecule has 0 N–H and O–H groups in total. The Bertz CT molecular complexity index is 161. The Morgan fingerprint density at radius 3 is 2.36 bits per heavy atom. The zero-order chi connectivity index (χ0) is 8.32. The van der Waals surface area contributed by atoms with Crippen molar-refractivity contribution in [3.8, 4) is 6.07 Å². The summed E-state index contributed by atoms with van der Waals surface area (Å²) in [5, 5.41) is 8.84. The molecule has 2 heteroatoms. The maximum Gasteiger partial charge on any atom is 0.0687 e. The van der Waals surface area contributed by atoms with Gasteiger partial charge in [-0.15, -0.1) is 0 Å². The molecule has 0 aromatic carbocycles. The second kappa shape index (κ2) is 3.23. The van der Waals surface area contributed by atoms with Crippen LogP contribution in [0.4, 0.5) is 0 Å². The summed E-state index contributed by atoms with van der Waals surface area (Å²) in [7, 11) is 0. The number of hydrogen-bond acceptors (Lipinski definition) is 2. The van der Waals surface area contributed by atoms with Gasteiger partial charge in [0.1, 0.15) is 0 Å². The molecule has 2 nitrogen and oxygen atoms in total. The molecule has 0 unspecified atom stereocenters. The second-order valence-corrected chi connectivity index (χ2v) is 3.61. The van der Waals surface area contributed by atoms with E-state index in [-0.39, 0.29) is 5.41 Å². The van der Waals surface area contributed by atoms with Crippen molar-refractivity contribution in [1.29, 1.82) is 5.26 Å². The maximum absolute atomic E-state index is 8.84. The Hall–Kier alpha value is -0.550. The van der Waals surface area contributed by atoms with Gasteiger partial charge < -0.3 is 4.90 Å². The van der Waals surface area contributed by atoms with Crippen molar-refractivity contribution in [2.24, 2.45) is 5.41 Å². The van der Waals surface area contributed by atoms with Crippen molar-refractivity contribution in [1.82, 2.24) is 4.90 Å². The molecule has 1 aliphatic rings. The number of likely N-dealkylation sites (tertiary alicyclic amines) is 1. The predicted molar refractivity (Wildman–Crippen MR) is 45.1 cm³/mol. The molecular formula is C9H16N2. The normalized spacial score (nSPS) is 24.5. The number of nitrogens with zero attached hydrogens (tertiary/aromatic N) is 2. The van der Waals surface area contributed by atoms with E-state index in [1.165, 1.54) is 0 Å². The highest BCUT2D eigenvalue weighted by Crippen LogP contribution is 2.29. The molecule has 0 saturated carbocycles. The molecular weight excluding hydrogens is 136 g/mol. The van der Waals surface area contributed by atoms with E-state index in [2.05, 4.69) is 24.8 Å². The van der Waals surface area contributed by atoms with Crippen molar-refractivity contribution in [2.45, 2.75) is 26.7 Å². The van der Waals surface area contributed by atoms with Crippen LogP contribution in [0.3, 0.4) is 0 Å². The average Bonchev–Trinajstić information content (AvgIpc) is 2.06. The van der Waals surface area contributed by atoms with Crippen LogP contribution in [0.1, 0.15) is 26.7 Å². The summed E-state index contributed by atoms with van der Waals surface area (Å²) in [6, 6.07) is 2.40. The van der Waals surface area contributed by atoms with Crippen LogP contribution in [0.5, 0.6) is 0 Å². The van der Waals surface area contributed by atoms with Crippen molar-refractivity contribution < 1.29 is 0 Å². The summed E-state index contributed by atoms with van der Waals surface area (Å²) < 4.78 is 0. The minimum atomic E-state index is -0.0360. The molecule has 1 rings (SSSR count). The first-order valence-electron chi connectivity index (χ1n) is 4.34. The number of hydrogen-bond donors (Lipinski definition) is 0. The Morgan fingerprint density at radius 1 is 1.45 bits per heavy atom. The van der Waals surface area contributed by atoms with Gasteiger partial charge in [0.05, 0.1) is 11.5 Å². The molecule has 0 bridgehead atoms. The molecule has 62 valence electrons. The molecule has 1 aliphatic heterocycles. The van der Waals surface area contributed by atoms with Gasteiger partial charge in [-0.3, -0.25) is 0 Å². The third kappa shape index (κ3) is 1.94. The first kappa shape index (κ1) is 8.55. The monoisotopic (exact) mass is 152 g/mol. The van der Waals surface area contributed by atoms with Gasteiger partial charge in [-0.1, -0.05) is 6.92 Å². The highest BCUT2D eigenvalue weighted by Gasteiger charge is 2.28. The largest absolute Gasteiger partial charge is 0.303 e. The Kier molecular flexibility index (Phi) is 2.51. The lowest BCUT2D eigenvalue weighted by molar-refractivity contribution is 0.163. The first-order chi connectivity index (χ1) is 5.20. The topological polar surface area (TPSA) is 27.0 Å². The van der Waals surface area contributed by atoms with E-state index in [1.54, 1.807) is 0 Å². The van der Waals surface area contributed by atoms with Gasteiger partial charge in [0, 0.05) is 0 Å². The molecule has 0 aromatic rings. The van der Waals surface area contributed by atoms with E-state index in [1.807, 2.05) is 0 Å². The second-order valence-electron chi connectivity index (χ2n) is 3.61. The van der Waals surface area contributed by atoms with Gasteiger partial charge in [-0.25, -0.2) is 0 Å². The fourth-order valence-electron chi connectivity index (χ4n) is 1.47. The highest BCUT2D eigenvalue weighted by atomic mass is 15.1. The Labute approximate surface area is 68.8 Å². The third-order valence-corrected chi connectivity index (χ3v) is 2.68. The molecule has 0 radical (unpaired) electrons. The van der Waals surface area contributed by atoms with E-state index in [0.717, 1.165) is 32.5 Å². The van der Waals surface area contributed by atoms with Crippen LogP contribution < -0.4 is 0 Å². The lowest BCUT2D eigenvalue weighted by Crippen LogP contribution is -2.37. The highest BCUT2D eigenvalue weighted by molar-refractivity contribution is 4.98. The Morgan fingerprint density at radius 2 is 2.00 bits per heavy atom. The molecule has 0 amide bonds. The van der Waals surface area contributed by atoms with Crippen LogP contribution >= 0.6 is 0 Å². The zero-order valence-corrected chi connectivity index (χ0v) is 7.43. The Balaban J connectivity index is 2.43. The molecule has 11 heavy (non-hydrogen) atoms. The van der Waals surface area contributed by atoms with Gasteiger partial charge >= 0.3 is 0 Å². The first-order valence-corrected chi connectivity index (χ1v) is 4.34. The van der Waals surface area contributed by atoms with Crippen molar-refractivity contribution in [2.75, 3.05) is 19.6 Å². The molecule has 1 fully saturated rings. The maximum atomic E-state index is 8.84. The van der Waals surface area contributed by atoms with Gasteiger partial charge in [0.15, 0.2) is 0 Å². The van der Waals surface area contributed by atoms with Crippen molar-refractivity contribution >= 4 is 0 Å². The number of nitriles is 1. The van der Waals surface area contributed by atoms with Crippen LogP contribution in [0.2, 0.25) is 0 Å². The number of piperidine rings is 1. The van der Waals surface area contributed by atoms with Crippen LogP contribution in [-0.2, 0) is 0 Å². The third-order valence-electron chi connectivity index (χ3n) is 2.68. The lowest BCUT2D eigenvalue weighted by atomic mass is 9.82. The molecule has 1 heterocycles. The lowest BCUT2D eigenvalue weighted by Gasteiger charge is -2.34. The van der Waals surface area contributed by atoms with Crippen LogP contribution in [0, 0.1) is 16.7 Å². The average molecular weight is 152 g/mol. The van der Waals surface area contributed by atoms with Crippen LogP contribution in [0.15, 0.2) is 0 Å². The molecule has 0 aliphatic carbocycles. The fourth-order valence-corrected chi connectivity index (χ4v) is 1.47. The van der Waals surface area contributed by atoms with Gasteiger partial charge in [-0.05, 0) is 39.4 Å². The molecule has 0 aromatic heterocycles. The van der Waals surface area contributed by atoms with E-state index in [9.17, 15) is 0 Å². The van der Waals surface area contributed by atoms with Gasteiger partial charge in [-0.2, -0.15) is 5.26 Å². The number of rotatable bonds is 1. The summed E-state index contributed by atoms with van der Waals surface area (Å²) in [5.74, 6) is 0. The molecule has 1 saturated heterocycles.